The third kappa shape index (κ3) is 2.98. The van der Waals surface area contributed by atoms with Crippen LogP contribution >= 0.6 is 39.3 Å². The molecule has 0 N–H and O–H groups in total. The maximum absolute atomic E-state index is 5.83. The molecule has 1 aromatic heterocycles. The van der Waals surface area contributed by atoms with Crippen LogP contribution in [0.15, 0.2) is 22.7 Å². The molecule has 1 aromatic carbocycles. The van der Waals surface area contributed by atoms with Crippen LogP contribution in [0.3, 0.4) is 0 Å². The van der Waals surface area contributed by atoms with Gasteiger partial charge in [-0.2, -0.15) is 11.8 Å². The lowest BCUT2D eigenvalue weighted by Gasteiger charge is -2.07. The first-order chi connectivity index (χ1) is 8.26. The van der Waals surface area contributed by atoms with Gasteiger partial charge in [-0.25, -0.2) is 4.98 Å². The summed E-state index contributed by atoms with van der Waals surface area (Å²) in [6, 6.07) is 6.20. The fraction of sp³-hybridized carbons (Fsp3) is 0.417. The number of alkyl halides is 1. The summed E-state index contributed by atoms with van der Waals surface area (Å²) >= 11 is 11.2. The second-order valence-corrected chi connectivity index (χ2v) is 6.02. The van der Waals surface area contributed by atoms with E-state index >= 15 is 0 Å². The Morgan fingerprint density at radius 2 is 2.29 bits per heavy atom. The minimum atomic E-state index is 0.615. The highest BCUT2D eigenvalue weighted by molar-refractivity contribution is 9.10. The SMILES string of the molecule is CSCCn1c(CCCl)nc2ccc(Br)cc21. The van der Waals surface area contributed by atoms with Crippen molar-refractivity contribution in [3.05, 3.63) is 28.5 Å². The average Bonchev–Trinajstić information content (AvgIpc) is 2.64. The normalized spacial score (nSPS) is 11.2. The zero-order chi connectivity index (χ0) is 12.3. The number of rotatable bonds is 5. The molecule has 0 unspecified atom stereocenters. The van der Waals surface area contributed by atoms with Crippen LogP contribution in [0.25, 0.3) is 11.0 Å². The molecule has 0 atom stereocenters. The summed E-state index contributed by atoms with van der Waals surface area (Å²) in [6.07, 6.45) is 2.94. The number of benzene rings is 1. The molecule has 0 aliphatic carbocycles. The Morgan fingerprint density at radius 1 is 1.47 bits per heavy atom. The minimum absolute atomic E-state index is 0.615. The van der Waals surface area contributed by atoms with Crippen molar-refractivity contribution in [2.45, 2.75) is 13.0 Å². The summed E-state index contributed by atoms with van der Waals surface area (Å²) in [5, 5.41) is 0. The average molecular weight is 334 g/mol. The number of fused-ring (bicyclic) bond motifs is 1. The van der Waals surface area contributed by atoms with Gasteiger partial charge in [-0.1, -0.05) is 15.9 Å². The van der Waals surface area contributed by atoms with E-state index < -0.39 is 0 Å². The van der Waals surface area contributed by atoms with Crippen LogP contribution in [0.1, 0.15) is 5.82 Å². The Bertz CT molecular complexity index is 512. The first kappa shape index (κ1) is 13.2. The first-order valence-electron chi connectivity index (χ1n) is 5.46. The summed E-state index contributed by atoms with van der Waals surface area (Å²) in [4.78, 5) is 4.64. The zero-order valence-electron chi connectivity index (χ0n) is 9.62. The maximum atomic E-state index is 5.83. The van der Waals surface area contributed by atoms with Gasteiger partial charge in [-0.3, -0.25) is 0 Å². The molecule has 0 radical (unpaired) electrons. The van der Waals surface area contributed by atoms with E-state index in [4.69, 9.17) is 11.6 Å². The third-order valence-corrected chi connectivity index (χ3v) is 3.90. The summed E-state index contributed by atoms with van der Waals surface area (Å²) in [7, 11) is 0. The number of hydrogen-bond donors (Lipinski definition) is 0. The molecule has 2 rings (SSSR count). The summed E-state index contributed by atoms with van der Waals surface area (Å²) in [6.45, 7) is 0.986. The van der Waals surface area contributed by atoms with Gasteiger partial charge in [0.1, 0.15) is 5.82 Å². The summed E-state index contributed by atoms with van der Waals surface area (Å²) in [5.41, 5.74) is 2.24. The summed E-state index contributed by atoms with van der Waals surface area (Å²) in [5.74, 6) is 2.79. The quantitative estimate of drug-likeness (QED) is 0.771. The van der Waals surface area contributed by atoms with Crippen LogP contribution in [-0.4, -0.2) is 27.4 Å². The van der Waals surface area contributed by atoms with Crippen molar-refractivity contribution >= 4 is 50.3 Å². The molecule has 0 aliphatic heterocycles. The molecule has 0 saturated heterocycles. The number of hydrogen-bond acceptors (Lipinski definition) is 2. The van der Waals surface area contributed by atoms with Gasteiger partial charge in [-0.05, 0) is 24.5 Å². The van der Waals surface area contributed by atoms with E-state index in [-0.39, 0.29) is 0 Å². The van der Waals surface area contributed by atoms with E-state index in [2.05, 4.69) is 37.8 Å². The topological polar surface area (TPSA) is 17.8 Å². The molecule has 0 spiro atoms. The fourth-order valence-corrected chi connectivity index (χ4v) is 2.74. The van der Waals surface area contributed by atoms with Gasteiger partial charge in [0.25, 0.3) is 0 Å². The number of halogens is 2. The van der Waals surface area contributed by atoms with E-state index in [0.29, 0.717) is 5.88 Å². The number of aromatic nitrogens is 2. The van der Waals surface area contributed by atoms with Gasteiger partial charge >= 0.3 is 0 Å². The number of aryl methyl sites for hydroxylation is 2. The van der Waals surface area contributed by atoms with Crippen molar-refractivity contribution < 1.29 is 0 Å². The molecule has 0 aliphatic rings. The van der Waals surface area contributed by atoms with Gasteiger partial charge in [0.2, 0.25) is 0 Å². The van der Waals surface area contributed by atoms with Crippen LogP contribution in [0.2, 0.25) is 0 Å². The molecule has 0 amide bonds. The maximum Gasteiger partial charge on any atom is 0.111 e. The second-order valence-electron chi connectivity index (χ2n) is 3.74. The highest BCUT2D eigenvalue weighted by Gasteiger charge is 2.10. The Kier molecular flexibility index (Phi) is 4.77. The van der Waals surface area contributed by atoms with E-state index in [1.54, 1.807) is 0 Å². The monoisotopic (exact) mass is 332 g/mol. The molecule has 0 bridgehead atoms. The lowest BCUT2D eigenvalue weighted by atomic mass is 10.3. The van der Waals surface area contributed by atoms with Gasteiger partial charge in [0.15, 0.2) is 0 Å². The summed E-state index contributed by atoms with van der Waals surface area (Å²) < 4.78 is 3.37. The van der Waals surface area contributed by atoms with Crippen LogP contribution in [0, 0.1) is 0 Å². The lowest BCUT2D eigenvalue weighted by Crippen LogP contribution is -2.06. The standard InChI is InChI=1S/C12H14BrClN2S/c1-17-7-6-16-11-8-9(13)2-3-10(11)15-12(16)4-5-14/h2-3,8H,4-7H2,1H3. The molecule has 0 fully saturated rings. The Labute approximate surface area is 119 Å². The molecule has 17 heavy (non-hydrogen) atoms. The fourth-order valence-electron chi connectivity index (χ4n) is 1.85. The van der Waals surface area contributed by atoms with E-state index in [1.807, 2.05) is 23.9 Å². The highest BCUT2D eigenvalue weighted by atomic mass is 79.9. The molecule has 92 valence electrons. The third-order valence-electron chi connectivity index (χ3n) is 2.63. The van der Waals surface area contributed by atoms with Crippen molar-refractivity contribution in [1.82, 2.24) is 9.55 Å². The molecule has 1 heterocycles. The zero-order valence-corrected chi connectivity index (χ0v) is 12.8. The van der Waals surface area contributed by atoms with Crippen molar-refractivity contribution in [3.63, 3.8) is 0 Å². The van der Waals surface area contributed by atoms with Crippen molar-refractivity contribution in [2.24, 2.45) is 0 Å². The smallest absolute Gasteiger partial charge is 0.111 e. The van der Waals surface area contributed by atoms with Crippen LogP contribution in [0.4, 0.5) is 0 Å². The number of thioether (sulfide) groups is 1. The number of nitrogens with zero attached hydrogens (tertiary/aromatic N) is 2. The predicted molar refractivity (Wildman–Crippen MR) is 80.2 cm³/mol. The van der Waals surface area contributed by atoms with E-state index in [0.717, 1.165) is 34.5 Å². The highest BCUT2D eigenvalue weighted by Crippen LogP contribution is 2.22. The minimum Gasteiger partial charge on any atom is -0.327 e. The van der Waals surface area contributed by atoms with Gasteiger partial charge in [0, 0.05) is 29.1 Å². The van der Waals surface area contributed by atoms with Gasteiger partial charge in [-0.15, -0.1) is 11.6 Å². The Hall–Kier alpha value is -0.190. The van der Waals surface area contributed by atoms with Gasteiger partial charge < -0.3 is 4.57 Å². The molecule has 2 nitrogen and oxygen atoms in total. The van der Waals surface area contributed by atoms with Crippen molar-refractivity contribution in [1.29, 1.82) is 0 Å². The van der Waals surface area contributed by atoms with Crippen LogP contribution in [0.5, 0.6) is 0 Å². The molecule has 5 heteroatoms. The van der Waals surface area contributed by atoms with E-state index in [1.165, 1.54) is 5.52 Å². The van der Waals surface area contributed by atoms with Crippen molar-refractivity contribution in [2.75, 3.05) is 17.9 Å². The van der Waals surface area contributed by atoms with Crippen LogP contribution in [-0.2, 0) is 13.0 Å². The van der Waals surface area contributed by atoms with E-state index in [9.17, 15) is 0 Å². The Balaban J connectivity index is 2.47. The molecular formula is C12H14BrClN2S. The number of imidazole rings is 1. The first-order valence-corrected chi connectivity index (χ1v) is 8.18. The second kappa shape index (κ2) is 6.12. The van der Waals surface area contributed by atoms with Crippen molar-refractivity contribution in [3.8, 4) is 0 Å². The predicted octanol–water partition coefficient (Wildman–Crippen LogP) is 3.94. The lowest BCUT2D eigenvalue weighted by molar-refractivity contribution is 0.734. The molecule has 0 saturated carbocycles. The van der Waals surface area contributed by atoms with Crippen LogP contribution < -0.4 is 0 Å². The van der Waals surface area contributed by atoms with Gasteiger partial charge in [0.05, 0.1) is 11.0 Å². The molecular weight excluding hydrogens is 320 g/mol. The largest absolute Gasteiger partial charge is 0.327 e. The Morgan fingerprint density at radius 3 is 3.00 bits per heavy atom. The molecule has 2 aromatic rings.